The molecule has 0 radical (unpaired) electrons. The number of amides is 1. The Morgan fingerprint density at radius 1 is 1.50 bits per heavy atom. The van der Waals surface area contributed by atoms with E-state index in [1.165, 1.54) is 0 Å². The number of nitrogens with one attached hydrogen (secondary N) is 1. The molecule has 1 aliphatic heterocycles. The average molecular weight is 249 g/mol. The first kappa shape index (κ1) is 13.0. The van der Waals surface area contributed by atoms with Crippen LogP contribution in [-0.2, 0) is 0 Å². The van der Waals surface area contributed by atoms with E-state index in [0.29, 0.717) is 24.7 Å². The molecule has 5 nitrogen and oxygen atoms in total. The Bertz CT molecular complexity index is 377. The molecule has 1 aliphatic rings. The minimum absolute atomic E-state index is 0.0104. The van der Waals surface area contributed by atoms with Crippen LogP contribution >= 0.6 is 0 Å². The lowest BCUT2D eigenvalue weighted by Gasteiger charge is -2.25. The molecule has 18 heavy (non-hydrogen) atoms. The Morgan fingerprint density at radius 2 is 2.28 bits per heavy atom. The fourth-order valence-corrected chi connectivity index (χ4v) is 2.25. The van der Waals surface area contributed by atoms with Gasteiger partial charge in [0.25, 0.3) is 5.91 Å². The van der Waals surface area contributed by atoms with Crippen molar-refractivity contribution in [3.05, 3.63) is 30.1 Å². The molecule has 2 rings (SSSR count). The van der Waals surface area contributed by atoms with Gasteiger partial charge in [0.15, 0.2) is 0 Å². The van der Waals surface area contributed by atoms with Crippen LogP contribution in [0.5, 0.6) is 0 Å². The van der Waals surface area contributed by atoms with Crippen LogP contribution in [0, 0.1) is 0 Å². The largest absolute Gasteiger partial charge is 0.395 e. The number of rotatable bonds is 5. The molecule has 1 atom stereocenters. The Kier molecular flexibility index (Phi) is 4.66. The van der Waals surface area contributed by atoms with Gasteiger partial charge >= 0.3 is 0 Å². The van der Waals surface area contributed by atoms with Crippen LogP contribution < -0.4 is 5.32 Å². The minimum atomic E-state index is -0.0415. The van der Waals surface area contributed by atoms with Gasteiger partial charge in [0, 0.05) is 37.1 Å². The van der Waals surface area contributed by atoms with Crippen LogP contribution in [0.3, 0.4) is 0 Å². The molecule has 5 heteroatoms. The molecule has 0 aromatic carbocycles. The predicted molar refractivity (Wildman–Crippen MR) is 68.3 cm³/mol. The van der Waals surface area contributed by atoms with Gasteiger partial charge in [0.05, 0.1) is 6.61 Å². The number of hydrogen-bond acceptors (Lipinski definition) is 4. The smallest absolute Gasteiger partial charge is 0.254 e. The highest BCUT2D eigenvalue weighted by molar-refractivity contribution is 5.94. The lowest BCUT2D eigenvalue weighted by atomic mass is 10.2. The molecule has 1 saturated heterocycles. The highest BCUT2D eigenvalue weighted by Gasteiger charge is 2.21. The van der Waals surface area contributed by atoms with Gasteiger partial charge in [-0.25, -0.2) is 0 Å². The standard InChI is InChI=1S/C13H19N3O2/c17-9-8-16(10-12-2-1-5-15-12)13(18)11-3-6-14-7-4-11/h3-4,6-7,12,15,17H,1-2,5,8-10H2. The number of aliphatic hydroxyl groups excluding tert-OH is 1. The topological polar surface area (TPSA) is 65.5 Å². The van der Waals surface area contributed by atoms with E-state index >= 15 is 0 Å². The third-order valence-electron chi connectivity index (χ3n) is 3.19. The van der Waals surface area contributed by atoms with Gasteiger partial charge in [-0.1, -0.05) is 0 Å². The van der Waals surface area contributed by atoms with Gasteiger partial charge < -0.3 is 15.3 Å². The number of nitrogens with zero attached hydrogens (tertiary/aromatic N) is 2. The molecule has 0 aliphatic carbocycles. The van der Waals surface area contributed by atoms with E-state index in [9.17, 15) is 4.79 Å². The fourth-order valence-electron chi connectivity index (χ4n) is 2.25. The summed E-state index contributed by atoms with van der Waals surface area (Å²) in [6.07, 6.45) is 5.46. The number of pyridine rings is 1. The quantitative estimate of drug-likeness (QED) is 0.786. The predicted octanol–water partition coefficient (Wildman–Crippen LogP) is 0.268. The van der Waals surface area contributed by atoms with E-state index in [0.717, 1.165) is 19.4 Å². The third-order valence-corrected chi connectivity index (χ3v) is 3.19. The average Bonchev–Trinajstić information content (AvgIpc) is 2.91. The molecule has 2 heterocycles. The minimum Gasteiger partial charge on any atom is -0.395 e. The fraction of sp³-hybridized carbons (Fsp3) is 0.538. The monoisotopic (exact) mass is 249 g/mol. The summed E-state index contributed by atoms with van der Waals surface area (Å²) in [4.78, 5) is 17.9. The molecule has 2 N–H and O–H groups in total. The zero-order chi connectivity index (χ0) is 12.8. The third kappa shape index (κ3) is 3.27. The summed E-state index contributed by atoms with van der Waals surface area (Å²) in [6, 6.07) is 3.76. The van der Waals surface area contributed by atoms with Crippen molar-refractivity contribution in [1.82, 2.24) is 15.2 Å². The van der Waals surface area contributed by atoms with Gasteiger partial charge in [-0.3, -0.25) is 9.78 Å². The van der Waals surface area contributed by atoms with Crippen LogP contribution in [0.2, 0.25) is 0 Å². The molecule has 1 aromatic rings. The molecular weight excluding hydrogens is 230 g/mol. The molecule has 98 valence electrons. The van der Waals surface area contributed by atoms with E-state index < -0.39 is 0 Å². The molecular formula is C13H19N3O2. The van der Waals surface area contributed by atoms with Gasteiger partial charge in [0.2, 0.25) is 0 Å². The van der Waals surface area contributed by atoms with E-state index in [2.05, 4.69) is 10.3 Å². The molecule has 0 spiro atoms. The summed E-state index contributed by atoms with van der Waals surface area (Å²) in [5.74, 6) is -0.0415. The molecule has 1 aromatic heterocycles. The van der Waals surface area contributed by atoms with E-state index in [1.807, 2.05) is 0 Å². The van der Waals surface area contributed by atoms with Crippen LogP contribution in [0.15, 0.2) is 24.5 Å². The summed E-state index contributed by atoms with van der Waals surface area (Å²) in [7, 11) is 0. The molecule has 1 fully saturated rings. The van der Waals surface area contributed by atoms with Gasteiger partial charge in [0.1, 0.15) is 0 Å². The van der Waals surface area contributed by atoms with Crippen LogP contribution in [0.4, 0.5) is 0 Å². The maximum atomic E-state index is 12.3. The molecule has 1 amide bonds. The van der Waals surface area contributed by atoms with Crippen molar-refractivity contribution < 1.29 is 9.90 Å². The van der Waals surface area contributed by atoms with Crippen molar-refractivity contribution in [2.45, 2.75) is 18.9 Å². The van der Waals surface area contributed by atoms with Crippen LogP contribution in [-0.4, -0.2) is 53.2 Å². The number of aliphatic hydroxyl groups is 1. The Hall–Kier alpha value is -1.46. The maximum Gasteiger partial charge on any atom is 0.254 e. The highest BCUT2D eigenvalue weighted by Crippen LogP contribution is 2.10. The number of carbonyl (C=O) groups excluding carboxylic acids is 1. The second-order valence-electron chi connectivity index (χ2n) is 4.50. The Labute approximate surface area is 107 Å². The Morgan fingerprint density at radius 3 is 2.89 bits per heavy atom. The van der Waals surface area contributed by atoms with E-state index in [-0.39, 0.29) is 12.5 Å². The molecule has 0 saturated carbocycles. The van der Waals surface area contributed by atoms with E-state index in [1.54, 1.807) is 29.4 Å². The Balaban J connectivity index is 2.02. The summed E-state index contributed by atoms with van der Waals surface area (Å²) in [5, 5.41) is 12.4. The second-order valence-corrected chi connectivity index (χ2v) is 4.50. The van der Waals surface area contributed by atoms with Gasteiger partial charge in [-0.15, -0.1) is 0 Å². The molecule has 1 unspecified atom stereocenters. The molecule has 0 bridgehead atoms. The van der Waals surface area contributed by atoms with Crippen molar-refractivity contribution in [2.24, 2.45) is 0 Å². The second kappa shape index (κ2) is 6.47. The first-order chi connectivity index (χ1) is 8.81. The van der Waals surface area contributed by atoms with Crippen molar-refractivity contribution in [3.8, 4) is 0 Å². The first-order valence-corrected chi connectivity index (χ1v) is 6.35. The maximum absolute atomic E-state index is 12.3. The van der Waals surface area contributed by atoms with Crippen molar-refractivity contribution in [1.29, 1.82) is 0 Å². The number of hydrogen-bond donors (Lipinski definition) is 2. The van der Waals surface area contributed by atoms with Gasteiger partial charge in [-0.05, 0) is 31.5 Å². The summed E-state index contributed by atoms with van der Waals surface area (Å²) < 4.78 is 0. The summed E-state index contributed by atoms with van der Waals surface area (Å²) in [6.45, 7) is 2.03. The number of carbonyl (C=O) groups is 1. The summed E-state index contributed by atoms with van der Waals surface area (Å²) >= 11 is 0. The highest BCUT2D eigenvalue weighted by atomic mass is 16.3. The zero-order valence-corrected chi connectivity index (χ0v) is 10.4. The SMILES string of the molecule is O=C(c1ccncc1)N(CCO)CC1CCCN1. The van der Waals surface area contributed by atoms with E-state index in [4.69, 9.17) is 5.11 Å². The van der Waals surface area contributed by atoms with Crippen molar-refractivity contribution in [2.75, 3.05) is 26.2 Å². The first-order valence-electron chi connectivity index (χ1n) is 6.35. The number of aromatic nitrogens is 1. The lowest BCUT2D eigenvalue weighted by Crippen LogP contribution is -2.42. The summed E-state index contributed by atoms with van der Waals surface area (Å²) in [5.41, 5.74) is 0.622. The van der Waals surface area contributed by atoms with Crippen LogP contribution in [0.25, 0.3) is 0 Å². The van der Waals surface area contributed by atoms with Crippen molar-refractivity contribution >= 4 is 5.91 Å². The van der Waals surface area contributed by atoms with Crippen LogP contribution in [0.1, 0.15) is 23.2 Å². The van der Waals surface area contributed by atoms with Crippen molar-refractivity contribution in [3.63, 3.8) is 0 Å². The van der Waals surface area contributed by atoms with Gasteiger partial charge in [-0.2, -0.15) is 0 Å². The normalized spacial score (nSPS) is 18.8. The lowest BCUT2D eigenvalue weighted by molar-refractivity contribution is 0.0706. The zero-order valence-electron chi connectivity index (χ0n) is 10.4.